The molecule has 0 bridgehead atoms. The van der Waals surface area contributed by atoms with E-state index < -0.39 is 11.6 Å². The normalized spacial score (nSPS) is 17.4. The molecular formula is C25H31F2N3OS. The molecule has 0 spiro atoms. The van der Waals surface area contributed by atoms with Crippen molar-refractivity contribution in [3.63, 3.8) is 0 Å². The number of nitrogens with zero attached hydrogens (tertiary/aromatic N) is 3. The molecule has 7 heteroatoms. The Hall–Kier alpha value is -2.12. The van der Waals surface area contributed by atoms with Gasteiger partial charge < -0.3 is 14.5 Å². The van der Waals surface area contributed by atoms with Gasteiger partial charge in [0, 0.05) is 38.0 Å². The van der Waals surface area contributed by atoms with E-state index >= 15 is 0 Å². The number of likely N-dealkylation sites (tertiary alicyclic amines) is 1. The van der Waals surface area contributed by atoms with Gasteiger partial charge in [-0.15, -0.1) is 0 Å². The number of unbranched alkanes of at least 4 members (excludes halogenated alkanes) is 1. The second-order valence-corrected chi connectivity index (χ2v) is 9.41. The lowest BCUT2D eigenvalue weighted by Crippen LogP contribution is -2.45. The maximum Gasteiger partial charge on any atom is 0.162 e. The fourth-order valence-corrected chi connectivity index (χ4v) is 5.36. The van der Waals surface area contributed by atoms with Crippen LogP contribution in [0.3, 0.4) is 0 Å². The summed E-state index contributed by atoms with van der Waals surface area (Å²) in [6.45, 7) is 4.52. The minimum absolute atomic E-state index is 0.384. The number of amidine groups is 1. The topological polar surface area (TPSA) is 28.1 Å². The van der Waals surface area contributed by atoms with E-state index in [-0.39, 0.29) is 0 Å². The van der Waals surface area contributed by atoms with Crippen molar-refractivity contribution in [2.24, 2.45) is 4.99 Å². The predicted molar refractivity (Wildman–Crippen MR) is 127 cm³/mol. The Morgan fingerprint density at radius 1 is 1.06 bits per heavy atom. The zero-order valence-electron chi connectivity index (χ0n) is 18.6. The third kappa shape index (κ3) is 6.01. The number of hydrogen-bond donors (Lipinski definition) is 0. The van der Waals surface area contributed by atoms with Gasteiger partial charge in [0.05, 0.1) is 13.2 Å². The summed E-state index contributed by atoms with van der Waals surface area (Å²) in [6, 6.07) is 12.8. The van der Waals surface area contributed by atoms with Crippen LogP contribution in [0, 0.1) is 11.6 Å². The molecule has 0 aliphatic carbocycles. The Bertz CT molecular complexity index is 931. The number of fused-ring (bicyclic) bond motifs is 1. The van der Waals surface area contributed by atoms with Gasteiger partial charge in [-0.05, 0) is 55.5 Å². The van der Waals surface area contributed by atoms with Gasteiger partial charge in [-0.3, -0.25) is 4.99 Å². The monoisotopic (exact) mass is 459 g/mol. The van der Waals surface area contributed by atoms with Crippen LogP contribution < -0.4 is 4.74 Å². The number of thioether (sulfide) groups is 1. The van der Waals surface area contributed by atoms with Crippen LogP contribution in [-0.2, 0) is 12.3 Å². The first-order valence-electron chi connectivity index (χ1n) is 11.4. The highest BCUT2D eigenvalue weighted by atomic mass is 32.2. The molecule has 0 atom stereocenters. The summed E-state index contributed by atoms with van der Waals surface area (Å²) in [7, 11) is 2.19. The molecule has 1 fully saturated rings. The van der Waals surface area contributed by atoms with Crippen LogP contribution in [0.4, 0.5) is 8.78 Å². The molecule has 0 saturated carbocycles. The molecule has 2 aliphatic rings. The number of halogens is 2. The van der Waals surface area contributed by atoms with E-state index in [9.17, 15) is 8.78 Å². The number of rotatable bonds is 7. The SMILES string of the molecule is CN(C1=NCc2ccccc2CS1)C1CCN(CCCCOc2ccc(F)c(F)c2)CC1. The fraction of sp³-hybridized carbons (Fsp3) is 0.480. The third-order valence-electron chi connectivity index (χ3n) is 6.29. The Balaban J connectivity index is 1.14. The number of piperidine rings is 1. The van der Waals surface area contributed by atoms with Crippen LogP contribution in [0.1, 0.15) is 36.8 Å². The maximum atomic E-state index is 13.2. The van der Waals surface area contributed by atoms with Crippen molar-refractivity contribution in [2.75, 3.05) is 33.3 Å². The summed E-state index contributed by atoms with van der Waals surface area (Å²) in [5, 5.41) is 1.16. The molecule has 1 saturated heterocycles. The Labute approximate surface area is 193 Å². The summed E-state index contributed by atoms with van der Waals surface area (Å²) >= 11 is 1.85. The average Bonchev–Trinajstić information content (AvgIpc) is 3.04. The Morgan fingerprint density at radius 3 is 2.62 bits per heavy atom. The van der Waals surface area contributed by atoms with Crippen LogP contribution >= 0.6 is 11.8 Å². The summed E-state index contributed by atoms with van der Waals surface area (Å²) in [6.07, 6.45) is 4.22. The van der Waals surface area contributed by atoms with E-state index in [0.717, 1.165) is 74.9 Å². The van der Waals surface area contributed by atoms with E-state index in [1.54, 1.807) is 0 Å². The molecule has 2 aromatic carbocycles. The lowest BCUT2D eigenvalue weighted by Gasteiger charge is -2.37. The molecule has 2 aliphatic heterocycles. The van der Waals surface area contributed by atoms with Crippen molar-refractivity contribution < 1.29 is 13.5 Å². The fourth-order valence-electron chi connectivity index (χ4n) is 4.29. The van der Waals surface area contributed by atoms with Crippen LogP contribution in [0.2, 0.25) is 0 Å². The van der Waals surface area contributed by atoms with E-state index in [4.69, 9.17) is 9.73 Å². The van der Waals surface area contributed by atoms with Gasteiger partial charge in [0.25, 0.3) is 0 Å². The molecule has 2 aromatic rings. The lowest BCUT2D eigenvalue weighted by molar-refractivity contribution is 0.162. The molecule has 0 aromatic heterocycles. The number of hydrogen-bond acceptors (Lipinski definition) is 5. The van der Waals surface area contributed by atoms with E-state index in [1.807, 2.05) is 11.8 Å². The molecule has 0 N–H and O–H groups in total. The van der Waals surface area contributed by atoms with Crippen molar-refractivity contribution in [1.82, 2.24) is 9.80 Å². The van der Waals surface area contributed by atoms with E-state index in [1.165, 1.54) is 17.2 Å². The maximum absolute atomic E-state index is 13.2. The smallest absolute Gasteiger partial charge is 0.162 e. The first-order chi connectivity index (χ1) is 15.6. The first kappa shape index (κ1) is 23.1. The van der Waals surface area contributed by atoms with Gasteiger partial charge in [0.2, 0.25) is 0 Å². The number of ether oxygens (including phenoxy) is 1. The molecule has 4 rings (SSSR count). The van der Waals surface area contributed by atoms with E-state index in [0.29, 0.717) is 18.4 Å². The Morgan fingerprint density at radius 2 is 1.84 bits per heavy atom. The molecule has 2 heterocycles. The molecular weight excluding hydrogens is 428 g/mol. The van der Waals surface area contributed by atoms with Crippen molar-refractivity contribution in [3.05, 3.63) is 65.2 Å². The molecule has 0 radical (unpaired) electrons. The number of benzene rings is 2. The van der Waals surface area contributed by atoms with Crippen molar-refractivity contribution in [3.8, 4) is 5.75 Å². The molecule has 0 amide bonds. The summed E-state index contributed by atoms with van der Waals surface area (Å²) in [5.74, 6) is -0.338. The van der Waals surface area contributed by atoms with Crippen LogP contribution in [0.25, 0.3) is 0 Å². The van der Waals surface area contributed by atoms with Crippen LogP contribution in [0.5, 0.6) is 5.75 Å². The van der Waals surface area contributed by atoms with Gasteiger partial charge in [-0.1, -0.05) is 36.0 Å². The van der Waals surface area contributed by atoms with Crippen molar-refractivity contribution in [2.45, 2.75) is 44.0 Å². The Kier molecular flexibility index (Phi) is 8.03. The van der Waals surface area contributed by atoms with Gasteiger partial charge in [-0.2, -0.15) is 0 Å². The lowest BCUT2D eigenvalue weighted by atomic mass is 10.0. The highest BCUT2D eigenvalue weighted by molar-refractivity contribution is 8.13. The molecule has 32 heavy (non-hydrogen) atoms. The van der Waals surface area contributed by atoms with Crippen LogP contribution in [0.15, 0.2) is 47.5 Å². The summed E-state index contributed by atoms with van der Waals surface area (Å²) in [4.78, 5) is 9.80. The zero-order chi connectivity index (χ0) is 22.3. The minimum atomic E-state index is -0.868. The highest BCUT2D eigenvalue weighted by Crippen LogP contribution is 2.27. The molecule has 4 nitrogen and oxygen atoms in total. The number of aliphatic imine (C=N–C) groups is 1. The standard InChI is InChI=1S/C25H31F2N3OS/c1-29(25-28-17-19-6-2-3-7-20(19)18-32-25)21-10-13-30(14-11-21)12-4-5-15-31-22-8-9-23(26)24(27)16-22/h2-3,6-9,16,21H,4-5,10-15,17-18H2,1H3. The molecule has 0 unspecified atom stereocenters. The van der Waals surface area contributed by atoms with Crippen molar-refractivity contribution in [1.29, 1.82) is 0 Å². The van der Waals surface area contributed by atoms with Crippen LogP contribution in [-0.4, -0.2) is 54.3 Å². The average molecular weight is 460 g/mol. The minimum Gasteiger partial charge on any atom is -0.493 e. The first-order valence-corrected chi connectivity index (χ1v) is 12.4. The summed E-state index contributed by atoms with van der Waals surface area (Å²) < 4.78 is 31.7. The van der Waals surface area contributed by atoms with Crippen molar-refractivity contribution >= 4 is 16.9 Å². The predicted octanol–water partition coefficient (Wildman–Crippen LogP) is 5.32. The second kappa shape index (κ2) is 11.1. The largest absolute Gasteiger partial charge is 0.493 e. The quantitative estimate of drug-likeness (QED) is 0.524. The van der Waals surface area contributed by atoms with E-state index in [2.05, 4.69) is 41.1 Å². The van der Waals surface area contributed by atoms with Gasteiger partial charge in [-0.25, -0.2) is 8.78 Å². The van der Waals surface area contributed by atoms with Gasteiger partial charge >= 0.3 is 0 Å². The second-order valence-electron chi connectivity index (χ2n) is 8.47. The van der Waals surface area contributed by atoms with Gasteiger partial charge in [0.1, 0.15) is 5.75 Å². The zero-order valence-corrected chi connectivity index (χ0v) is 19.4. The summed E-state index contributed by atoms with van der Waals surface area (Å²) in [5.41, 5.74) is 2.74. The third-order valence-corrected chi connectivity index (χ3v) is 7.43. The van der Waals surface area contributed by atoms with Gasteiger partial charge in [0.15, 0.2) is 16.8 Å². The molecule has 172 valence electrons. The highest BCUT2D eigenvalue weighted by Gasteiger charge is 2.25.